The third-order valence-corrected chi connectivity index (χ3v) is 4.87. The largest absolute Gasteiger partial charge is 0.495 e. The van der Waals surface area contributed by atoms with Crippen LogP contribution in [0.25, 0.3) is 0 Å². The van der Waals surface area contributed by atoms with Crippen LogP contribution in [0.2, 0.25) is 0 Å². The van der Waals surface area contributed by atoms with Crippen LogP contribution >= 0.6 is 0 Å². The smallest absolute Gasteiger partial charge is 0.271 e. The SMILES string of the molecule is COc1ccccc1NC(=O)CN(c1cc([N+](=O)[O-])ccc1C)S(C)(=O)=O. The second kappa shape index (κ2) is 8.04. The first kappa shape index (κ1) is 20.2. The maximum atomic E-state index is 12.4. The number of methoxy groups -OCH3 is 1. The molecular formula is C17H19N3O6S. The van der Waals surface area contributed by atoms with E-state index in [1.165, 1.54) is 19.2 Å². The van der Waals surface area contributed by atoms with Gasteiger partial charge in [0.2, 0.25) is 15.9 Å². The molecule has 0 aromatic heterocycles. The number of non-ortho nitro benzene ring substituents is 1. The summed E-state index contributed by atoms with van der Waals surface area (Å²) in [4.78, 5) is 22.8. The number of sulfonamides is 1. The number of hydrogen-bond donors (Lipinski definition) is 1. The number of para-hydroxylation sites is 2. The molecule has 0 radical (unpaired) electrons. The molecule has 0 fully saturated rings. The lowest BCUT2D eigenvalue weighted by Crippen LogP contribution is -2.38. The van der Waals surface area contributed by atoms with Crippen molar-refractivity contribution in [1.82, 2.24) is 0 Å². The first-order valence-corrected chi connectivity index (χ1v) is 9.64. The van der Waals surface area contributed by atoms with E-state index < -0.39 is 27.4 Å². The summed E-state index contributed by atoms with van der Waals surface area (Å²) in [5, 5.41) is 13.6. The highest BCUT2D eigenvalue weighted by Gasteiger charge is 2.24. The molecule has 0 aliphatic rings. The predicted octanol–water partition coefficient (Wildman–Crippen LogP) is 2.32. The third kappa shape index (κ3) is 4.94. The second-order valence-corrected chi connectivity index (χ2v) is 7.65. The lowest BCUT2D eigenvalue weighted by atomic mass is 10.2. The molecule has 0 spiro atoms. The van der Waals surface area contributed by atoms with E-state index in [0.29, 0.717) is 17.0 Å². The van der Waals surface area contributed by atoms with Gasteiger partial charge in [0, 0.05) is 12.1 Å². The van der Waals surface area contributed by atoms with Gasteiger partial charge in [0.15, 0.2) is 0 Å². The van der Waals surface area contributed by atoms with Gasteiger partial charge < -0.3 is 10.1 Å². The molecule has 0 saturated heterocycles. The van der Waals surface area contributed by atoms with Crippen molar-refractivity contribution < 1.29 is 22.9 Å². The monoisotopic (exact) mass is 393 g/mol. The van der Waals surface area contributed by atoms with Crippen LogP contribution in [0, 0.1) is 17.0 Å². The van der Waals surface area contributed by atoms with Crippen molar-refractivity contribution in [3.63, 3.8) is 0 Å². The van der Waals surface area contributed by atoms with Crippen LogP contribution in [0.5, 0.6) is 5.75 Å². The molecule has 0 bridgehead atoms. The Kier molecular flexibility index (Phi) is 6.01. The molecule has 0 atom stereocenters. The number of ether oxygens (including phenoxy) is 1. The molecule has 0 aliphatic carbocycles. The molecule has 1 amide bonds. The van der Waals surface area contributed by atoms with Crippen molar-refractivity contribution in [1.29, 1.82) is 0 Å². The Morgan fingerprint density at radius 2 is 1.93 bits per heavy atom. The summed E-state index contributed by atoms with van der Waals surface area (Å²) in [6.07, 6.45) is 0.932. The van der Waals surface area contributed by atoms with Crippen molar-refractivity contribution in [2.24, 2.45) is 0 Å². The average Bonchev–Trinajstić information content (AvgIpc) is 2.59. The summed E-state index contributed by atoms with van der Waals surface area (Å²) < 4.78 is 30.4. The van der Waals surface area contributed by atoms with Crippen molar-refractivity contribution in [2.75, 3.05) is 29.5 Å². The first-order valence-electron chi connectivity index (χ1n) is 7.79. The molecule has 2 aromatic carbocycles. The van der Waals surface area contributed by atoms with E-state index in [1.54, 1.807) is 31.2 Å². The molecule has 144 valence electrons. The second-order valence-electron chi connectivity index (χ2n) is 5.75. The number of nitrogens with zero attached hydrogens (tertiary/aromatic N) is 2. The summed E-state index contributed by atoms with van der Waals surface area (Å²) in [6.45, 7) is 1.06. The van der Waals surface area contributed by atoms with Crippen LogP contribution in [-0.2, 0) is 14.8 Å². The Hall–Kier alpha value is -3.14. The Morgan fingerprint density at radius 1 is 1.26 bits per heavy atom. The number of nitro groups is 1. The number of nitro benzene ring substituents is 1. The Morgan fingerprint density at radius 3 is 2.52 bits per heavy atom. The van der Waals surface area contributed by atoms with Gasteiger partial charge in [-0.3, -0.25) is 19.2 Å². The van der Waals surface area contributed by atoms with Crippen molar-refractivity contribution >= 4 is 33.0 Å². The van der Waals surface area contributed by atoms with Crippen molar-refractivity contribution in [3.05, 3.63) is 58.1 Å². The van der Waals surface area contributed by atoms with E-state index in [2.05, 4.69) is 5.32 Å². The number of anilines is 2. The van der Waals surface area contributed by atoms with Crippen LogP contribution in [0.4, 0.5) is 17.1 Å². The molecule has 0 saturated carbocycles. The van der Waals surface area contributed by atoms with Gasteiger partial charge in [0.1, 0.15) is 12.3 Å². The molecule has 2 aromatic rings. The van der Waals surface area contributed by atoms with Gasteiger partial charge in [-0.1, -0.05) is 18.2 Å². The van der Waals surface area contributed by atoms with Gasteiger partial charge in [-0.15, -0.1) is 0 Å². The summed E-state index contributed by atoms with van der Waals surface area (Å²) in [7, 11) is -2.42. The van der Waals surface area contributed by atoms with E-state index in [0.717, 1.165) is 16.6 Å². The van der Waals surface area contributed by atoms with Crippen LogP contribution in [0.3, 0.4) is 0 Å². The quantitative estimate of drug-likeness (QED) is 0.569. The number of carbonyl (C=O) groups is 1. The van der Waals surface area contributed by atoms with Gasteiger partial charge >= 0.3 is 0 Å². The number of aryl methyl sites for hydroxylation is 1. The molecular weight excluding hydrogens is 374 g/mol. The lowest BCUT2D eigenvalue weighted by molar-refractivity contribution is -0.384. The fraction of sp³-hybridized carbons (Fsp3) is 0.235. The number of carbonyl (C=O) groups excluding carboxylic acids is 1. The lowest BCUT2D eigenvalue weighted by Gasteiger charge is -2.23. The highest BCUT2D eigenvalue weighted by molar-refractivity contribution is 7.92. The summed E-state index contributed by atoms with van der Waals surface area (Å²) in [5.41, 5.74) is 0.668. The molecule has 10 heteroatoms. The Balaban J connectivity index is 2.35. The van der Waals surface area contributed by atoms with E-state index in [4.69, 9.17) is 4.74 Å². The van der Waals surface area contributed by atoms with Gasteiger partial charge in [-0.05, 0) is 24.6 Å². The highest BCUT2D eigenvalue weighted by atomic mass is 32.2. The van der Waals surface area contributed by atoms with Crippen LogP contribution < -0.4 is 14.4 Å². The average molecular weight is 393 g/mol. The van der Waals surface area contributed by atoms with Crippen LogP contribution in [0.15, 0.2) is 42.5 Å². The number of hydrogen-bond acceptors (Lipinski definition) is 6. The maximum absolute atomic E-state index is 12.4. The van der Waals surface area contributed by atoms with Gasteiger partial charge in [-0.2, -0.15) is 0 Å². The van der Waals surface area contributed by atoms with Crippen molar-refractivity contribution in [3.8, 4) is 5.75 Å². The van der Waals surface area contributed by atoms with Crippen molar-refractivity contribution in [2.45, 2.75) is 6.92 Å². The zero-order valence-electron chi connectivity index (χ0n) is 15.0. The molecule has 0 aliphatic heterocycles. The zero-order chi connectivity index (χ0) is 20.2. The van der Waals surface area contributed by atoms with Gasteiger partial charge in [0.05, 0.1) is 29.7 Å². The Bertz CT molecular complexity index is 974. The number of amides is 1. The Labute approximate surface area is 156 Å². The highest BCUT2D eigenvalue weighted by Crippen LogP contribution is 2.28. The van der Waals surface area contributed by atoms with Crippen LogP contribution in [0.1, 0.15) is 5.56 Å². The fourth-order valence-corrected chi connectivity index (χ4v) is 3.33. The summed E-state index contributed by atoms with van der Waals surface area (Å²) in [5.74, 6) is -0.195. The first-order chi connectivity index (χ1) is 12.6. The van der Waals surface area contributed by atoms with E-state index >= 15 is 0 Å². The fourth-order valence-electron chi connectivity index (χ4n) is 2.43. The molecule has 0 heterocycles. The third-order valence-electron chi connectivity index (χ3n) is 3.74. The molecule has 9 nitrogen and oxygen atoms in total. The van der Waals surface area contributed by atoms with E-state index in [9.17, 15) is 23.3 Å². The standard InChI is InChI=1S/C17H19N3O6S/c1-12-8-9-13(20(22)23)10-15(12)19(27(3,24)25)11-17(21)18-14-6-4-5-7-16(14)26-2/h4-10H,11H2,1-3H3,(H,18,21). The number of rotatable bonds is 7. The van der Waals surface area contributed by atoms with E-state index in [1.807, 2.05) is 0 Å². The minimum Gasteiger partial charge on any atom is -0.495 e. The number of benzene rings is 2. The van der Waals surface area contributed by atoms with Gasteiger partial charge in [0.25, 0.3) is 5.69 Å². The van der Waals surface area contributed by atoms with E-state index in [-0.39, 0.29) is 11.4 Å². The van der Waals surface area contributed by atoms with Gasteiger partial charge in [-0.25, -0.2) is 8.42 Å². The predicted molar refractivity (Wildman–Crippen MR) is 102 cm³/mol. The molecule has 1 N–H and O–H groups in total. The van der Waals surface area contributed by atoms with Crippen LogP contribution in [-0.4, -0.2) is 39.2 Å². The maximum Gasteiger partial charge on any atom is 0.271 e. The molecule has 27 heavy (non-hydrogen) atoms. The number of nitrogens with one attached hydrogen (secondary N) is 1. The molecule has 2 rings (SSSR count). The summed E-state index contributed by atoms with van der Waals surface area (Å²) >= 11 is 0. The topological polar surface area (TPSA) is 119 Å². The zero-order valence-corrected chi connectivity index (χ0v) is 15.8. The molecule has 0 unspecified atom stereocenters. The minimum atomic E-state index is -3.87. The summed E-state index contributed by atoms with van der Waals surface area (Å²) in [6, 6.07) is 10.5. The normalized spacial score (nSPS) is 10.9. The minimum absolute atomic E-state index is 0.0712.